The number of aromatic nitrogens is 4. The summed E-state index contributed by atoms with van der Waals surface area (Å²) in [6.45, 7) is 0.950. The van der Waals surface area contributed by atoms with Gasteiger partial charge in [-0.25, -0.2) is 13.2 Å². The van der Waals surface area contributed by atoms with Gasteiger partial charge in [0.25, 0.3) is 10.0 Å². The number of hydrogen-bond donors (Lipinski definition) is 2. The maximum absolute atomic E-state index is 12.7. The first-order valence-electron chi connectivity index (χ1n) is 10.4. The van der Waals surface area contributed by atoms with Gasteiger partial charge in [0, 0.05) is 41.5 Å². The molecule has 4 rings (SSSR count). The molecule has 1 fully saturated rings. The van der Waals surface area contributed by atoms with Crippen LogP contribution in [0.2, 0.25) is 5.02 Å². The van der Waals surface area contributed by atoms with Crippen LogP contribution in [-0.2, 0) is 10.0 Å². The van der Waals surface area contributed by atoms with Gasteiger partial charge in [-0.1, -0.05) is 11.6 Å². The number of nitrogens with zero attached hydrogens (tertiary/aromatic N) is 5. The number of rotatable bonds is 6. The van der Waals surface area contributed by atoms with Gasteiger partial charge in [0.1, 0.15) is 12.1 Å². The molecule has 2 N–H and O–H groups in total. The van der Waals surface area contributed by atoms with E-state index in [1.807, 2.05) is 17.0 Å². The van der Waals surface area contributed by atoms with Crippen molar-refractivity contribution in [2.24, 2.45) is 0 Å². The zero-order chi connectivity index (χ0) is 24.3. The first-order chi connectivity index (χ1) is 16.2. The highest BCUT2D eigenvalue weighted by Crippen LogP contribution is 2.29. The van der Waals surface area contributed by atoms with Gasteiger partial charge in [-0.3, -0.25) is 4.98 Å². The van der Waals surface area contributed by atoms with Crippen molar-refractivity contribution in [3.63, 3.8) is 0 Å². The summed E-state index contributed by atoms with van der Waals surface area (Å²) in [5.74, 6) is 0.712. The number of carbonyl (C=O) groups excluding carboxylic acids is 1. The molecular weight excluding hydrogens is 482 g/mol. The molecule has 2 unspecified atom stereocenters. The number of methoxy groups -OCH3 is 1. The van der Waals surface area contributed by atoms with Crippen LogP contribution in [0, 0.1) is 0 Å². The van der Waals surface area contributed by atoms with Crippen molar-refractivity contribution in [3.8, 4) is 5.75 Å². The van der Waals surface area contributed by atoms with Gasteiger partial charge < -0.3 is 20.3 Å². The predicted octanol–water partition coefficient (Wildman–Crippen LogP) is 2.33. The van der Waals surface area contributed by atoms with Crippen molar-refractivity contribution in [3.05, 3.63) is 59.6 Å². The van der Waals surface area contributed by atoms with Gasteiger partial charge in [-0.15, -0.1) is 9.19 Å². The van der Waals surface area contributed by atoms with E-state index in [1.165, 1.54) is 6.33 Å². The molecule has 2 amide bonds. The number of anilines is 2. The predicted molar refractivity (Wildman–Crippen MR) is 128 cm³/mol. The van der Waals surface area contributed by atoms with Gasteiger partial charge in [-0.2, -0.15) is 4.98 Å². The molecule has 1 saturated heterocycles. The molecule has 13 heteroatoms. The lowest BCUT2D eigenvalue weighted by Crippen LogP contribution is -2.51. The van der Waals surface area contributed by atoms with E-state index < -0.39 is 10.0 Å². The minimum atomic E-state index is -3.54. The molecule has 11 nitrogen and oxygen atoms in total. The molecule has 2 atom stereocenters. The summed E-state index contributed by atoms with van der Waals surface area (Å²) in [6.07, 6.45) is 4.43. The normalized spacial score (nSPS) is 18.4. The standard InChI is InChI=1S/C21H24ClN7O4S/c1-33-16-7-8-18(23-11-16)17-12-28(20-24-13-29(27-20)34(2,31)32)10-9-19(17)26-21(30)25-15-5-3-14(22)4-6-15/h3-8,11,13,17,19H,9-10,12H2,1-2H3,(H2,25,26,30). The number of pyridine rings is 1. The molecule has 0 bridgehead atoms. The first-order valence-corrected chi connectivity index (χ1v) is 12.7. The van der Waals surface area contributed by atoms with E-state index in [2.05, 4.69) is 25.7 Å². The lowest BCUT2D eigenvalue weighted by atomic mass is 9.89. The maximum atomic E-state index is 12.7. The van der Waals surface area contributed by atoms with E-state index in [9.17, 15) is 13.2 Å². The van der Waals surface area contributed by atoms with Crippen LogP contribution >= 0.6 is 11.6 Å². The molecule has 3 heterocycles. The Bertz CT molecular complexity index is 1250. The Hall–Kier alpha value is -3.38. The molecule has 1 aromatic carbocycles. The van der Waals surface area contributed by atoms with E-state index in [-0.39, 0.29) is 18.0 Å². The van der Waals surface area contributed by atoms with Crippen LogP contribution < -0.4 is 20.3 Å². The molecule has 180 valence electrons. The Morgan fingerprint density at radius 3 is 2.56 bits per heavy atom. The zero-order valence-electron chi connectivity index (χ0n) is 18.6. The third-order valence-corrected chi connectivity index (χ3v) is 6.60. The molecule has 0 aliphatic carbocycles. The Kier molecular flexibility index (Phi) is 6.89. The summed E-state index contributed by atoms with van der Waals surface area (Å²) in [7, 11) is -1.97. The van der Waals surface area contributed by atoms with E-state index in [0.29, 0.717) is 41.9 Å². The van der Waals surface area contributed by atoms with Gasteiger partial charge in [0.15, 0.2) is 0 Å². The second-order valence-electron chi connectivity index (χ2n) is 7.86. The molecule has 3 aromatic rings. The fraction of sp³-hybridized carbons (Fsp3) is 0.333. The fourth-order valence-corrected chi connectivity index (χ4v) is 4.32. The Labute approximate surface area is 202 Å². The third-order valence-electron chi connectivity index (χ3n) is 5.49. The highest BCUT2D eigenvalue weighted by molar-refractivity contribution is 7.89. The van der Waals surface area contributed by atoms with Crippen molar-refractivity contribution in [2.75, 3.05) is 36.7 Å². The molecule has 1 aliphatic rings. The number of nitrogens with one attached hydrogen (secondary N) is 2. The van der Waals surface area contributed by atoms with Crippen LogP contribution in [0.4, 0.5) is 16.4 Å². The average molecular weight is 506 g/mol. The van der Waals surface area contributed by atoms with Crippen LogP contribution in [0.25, 0.3) is 0 Å². The van der Waals surface area contributed by atoms with Crippen LogP contribution in [0.15, 0.2) is 48.9 Å². The lowest BCUT2D eigenvalue weighted by Gasteiger charge is -2.38. The second-order valence-corrected chi connectivity index (χ2v) is 10.1. The molecule has 0 radical (unpaired) electrons. The zero-order valence-corrected chi connectivity index (χ0v) is 20.1. The van der Waals surface area contributed by atoms with Crippen molar-refractivity contribution in [1.29, 1.82) is 0 Å². The molecule has 0 saturated carbocycles. The molecule has 2 aromatic heterocycles. The summed E-state index contributed by atoms with van der Waals surface area (Å²) >= 11 is 5.91. The van der Waals surface area contributed by atoms with Gasteiger partial charge in [0.05, 0.1) is 19.6 Å². The second kappa shape index (κ2) is 9.85. The monoisotopic (exact) mass is 505 g/mol. The third kappa shape index (κ3) is 5.57. The van der Waals surface area contributed by atoms with Crippen molar-refractivity contribution < 1.29 is 17.9 Å². The highest BCUT2D eigenvalue weighted by Gasteiger charge is 2.34. The van der Waals surface area contributed by atoms with Gasteiger partial charge in [-0.05, 0) is 42.8 Å². The number of ether oxygens (including phenoxy) is 1. The maximum Gasteiger partial charge on any atom is 0.319 e. The Balaban J connectivity index is 1.53. The minimum absolute atomic E-state index is 0.208. The van der Waals surface area contributed by atoms with E-state index in [4.69, 9.17) is 16.3 Å². The lowest BCUT2D eigenvalue weighted by molar-refractivity contribution is 0.243. The number of carbonyl (C=O) groups is 1. The molecule has 0 spiro atoms. The summed E-state index contributed by atoms with van der Waals surface area (Å²) in [5.41, 5.74) is 1.37. The van der Waals surface area contributed by atoms with Crippen LogP contribution in [-0.4, -0.2) is 66.1 Å². The van der Waals surface area contributed by atoms with E-state index in [1.54, 1.807) is 37.6 Å². The molecule has 34 heavy (non-hydrogen) atoms. The largest absolute Gasteiger partial charge is 0.495 e. The Morgan fingerprint density at radius 1 is 1.18 bits per heavy atom. The number of halogens is 1. The van der Waals surface area contributed by atoms with E-state index in [0.717, 1.165) is 16.0 Å². The number of urea groups is 1. The highest BCUT2D eigenvalue weighted by atomic mass is 35.5. The van der Waals surface area contributed by atoms with Crippen molar-refractivity contribution in [1.82, 2.24) is 24.5 Å². The summed E-state index contributed by atoms with van der Waals surface area (Å²) in [5, 5.41) is 10.5. The minimum Gasteiger partial charge on any atom is -0.495 e. The van der Waals surface area contributed by atoms with Crippen LogP contribution in [0.5, 0.6) is 5.75 Å². The number of amides is 2. The average Bonchev–Trinajstić information content (AvgIpc) is 3.32. The summed E-state index contributed by atoms with van der Waals surface area (Å²) in [4.78, 5) is 23.3. The van der Waals surface area contributed by atoms with Gasteiger partial charge in [0.2, 0.25) is 5.95 Å². The quantitative estimate of drug-likeness (QED) is 0.521. The van der Waals surface area contributed by atoms with Crippen LogP contribution in [0.1, 0.15) is 18.0 Å². The fourth-order valence-electron chi connectivity index (χ4n) is 3.75. The number of benzene rings is 1. The number of hydrogen-bond acceptors (Lipinski definition) is 8. The SMILES string of the molecule is COc1ccc(C2CN(c3ncn(S(C)(=O)=O)n3)CCC2NC(=O)Nc2ccc(Cl)cc2)nc1. The Morgan fingerprint density at radius 2 is 1.94 bits per heavy atom. The molecular formula is C21H24ClN7O4S. The molecule has 1 aliphatic heterocycles. The smallest absolute Gasteiger partial charge is 0.319 e. The summed E-state index contributed by atoms with van der Waals surface area (Å²) < 4.78 is 29.6. The number of piperidine rings is 1. The van der Waals surface area contributed by atoms with Gasteiger partial charge >= 0.3 is 6.03 Å². The van der Waals surface area contributed by atoms with E-state index >= 15 is 0 Å². The van der Waals surface area contributed by atoms with Crippen molar-refractivity contribution in [2.45, 2.75) is 18.4 Å². The van der Waals surface area contributed by atoms with Crippen LogP contribution in [0.3, 0.4) is 0 Å². The topological polar surface area (TPSA) is 131 Å². The summed E-state index contributed by atoms with van der Waals surface area (Å²) in [6, 6.07) is 9.91. The van der Waals surface area contributed by atoms with Crippen molar-refractivity contribution >= 4 is 39.3 Å². The first kappa shape index (κ1) is 23.8.